The van der Waals surface area contributed by atoms with Crippen LogP contribution in [0.5, 0.6) is 0 Å². The van der Waals surface area contributed by atoms with Gasteiger partial charge in [0.15, 0.2) is 0 Å². The first-order valence-electron chi connectivity index (χ1n) is 10.4. The number of anilines is 1. The van der Waals surface area contributed by atoms with E-state index in [2.05, 4.69) is 15.2 Å². The second-order valence-electron chi connectivity index (χ2n) is 8.43. The Morgan fingerprint density at radius 3 is 2.83 bits per heavy atom. The molecule has 8 nitrogen and oxygen atoms in total. The molecule has 0 saturated carbocycles. The number of alkyl carbamates (subject to hydrolysis) is 1. The van der Waals surface area contributed by atoms with Crippen LogP contribution in [0.15, 0.2) is 24.4 Å². The molecule has 162 valence electrons. The van der Waals surface area contributed by atoms with E-state index in [1.165, 1.54) is 0 Å². The minimum atomic E-state index is -0.548. The van der Waals surface area contributed by atoms with Crippen LogP contribution in [0.25, 0.3) is 10.9 Å². The van der Waals surface area contributed by atoms with Gasteiger partial charge in [-0.25, -0.2) is 9.78 Å². The molecule has 1 amide bonds. The molecule has 0 aliphatic carbocycles. The van der Waals surface area contributed by atoms with Crippen molar-refractivity contribution < 1.29 is 19.1 Å². The predicted molar refractivity (Wildman–Crippen MR) is 114 cm³/mol. The summed E-state index contributed by atoms with van der Waals surface area (Å²) in [7, 11) is 0. The van der Waals surface area contributed by atoms with Crippen LogP contribution in [-0.2, 0) is 20.8 Å². The SMILES string of the molecule is CCOC(=O)C1CCCN(c2ccc3cnc(CNC(=O)OC(C)(C)C)cc3n2)C1. The fourth-order valence-electron chi connectivity index (χ4n) is 3.43. The van der Waals surface area contributed by atoms with Crippen molar-refractivity contribution in [2.24, 2.45) is 5.92 Å². The van der Waals surface area contributed by atoms with Gasteiger partial charge in [0.05, 0.1) is 30.3 Å². The highest BCUT2D eigenvalue weighted by Gasteiger charge is 2.27. The number of carbonyl (C=O) groups is 2. The zero-order valence-electron chi connectivity index (χ0n) is 18.1. The lowest BCUT2D eigenvalue weighted by Gasteiger charge is -2.32. The third kappa shape index (κ3) is 5.81. The Labute approximate surface area is 177 Å². The lowest BCUT2D eigenvalue weighted by atomic mass is 9.98. The minimum absolute atomic E-state index is 0.123. The molecule has 2 aromatic rings. The first-order chi connectivity index (χ1) is 14.2. The first-order valence-corrected chi connectivity index (χ1v) is 10.4. The smallest absolute Gasteiger partial charge is 0.407 e. The highest BCUT2D eigenvalue weighted by molar-refractivity contribution is 5.80. The largest absolute Gasteiger partial charge is 0.466 e. The van der Waals surface area contributed by atoms with Crippen LogP contribution in [-0.4, -0.2) is 47.3 Å². The molecule has 1 N–H and O–H groups in total. The minimum Gasteiger partial charge on any atom is -0.466 e. The van der Waals surface area contributed by atoms with Crippen molar-refractivity contribution in [3.8, 4) is 0 Å². The molecule has 0 bridgehead atoms. The third-order valence-electron chi connectivity index (χ3n) is 4.79. The number of piperidine rings is 1. The Morgan fingerprint density at radius 2 is 2.10 bits per heavy atom. The van der Waals surface area contributed by atoms with Crippen LogP contribution in [0.3, 0.4) is 0 Å². The van der Waals surface area contributed by atoms with Crippen molar-refractivity contribution in [3.05, 3.63) is 30.1 Å². The first kappa shape index (κ1) is 21.8. The molecular formula is C22H30N4O4. The molecule has 3 rings (SSSR count). The average molecular weight is 415 g/mol. The highest BCUT2D eigenvalue weighted by atomic mass is 16.6. The summed E-state index contributed by atoms with van der Waals surface area (Å²) in [5, 5.41) is 3.63. The molecule has 2 aromatic heterocycles. The number of hydrogen-bond acceptors (Lipinski definition) is 7. The number of esters is 1. The van der Waals surface area contributed by atoms with Gasteiger partial charge >= 0.3 is 12.1 Å². The van der Waals surface area contributed by atoms with E-state index < -0.39 is 11.7 Å². The molecule has 1 unspecified atom stereocenters. The van der Waals surface area contributed by atoms with Crippen molar-refractivity contribution in [1.82, 2.24) is 15.3 Å². The van der Waals surface area contributed by atoms with E-state index in [4.69, 9.17) is 14.5 Å². The van der Waals surface area contributed by atoms with E-state index in [1.807, 2.05) is 45.9 Å². The molecular weight excluding hydrogens is 384 g/mol. The summed E-state index contributed by atoms with van der Waals surface area (Å²) in [6.07, 6.45) is 3.03. The number of aromatic nitrogens is 2. The summed E-state index contributed by atoms with van der Waals surface area (Å²) in [6, 6.07) is 5.79. The second kappa shape index (κ2) is 9.28. The van der Waals surface area contributed by atoms with Crippen LogP contribution in [0, 0.1) is 5.92 Å². The van der Waals surface area contributed by atoms with Crippen molar-refractivity contribution in [1.29, 1.82) is 0 Å². The third-order valence-corrected chi connectivity index (χ3v) is 4.79. The molecule has 1 aliphatic rings. The van der Waals surface area contributed by atoms with Gasteiger partial charge in [-0.05, 0) is 58.7 Å². The van der Waals surface area contributed by atoms with E-state index in [9.17, 15) is 9.59 Å². The van der Waals surface area contributed by atoms with Gasteiger partial charge in [-0.1, -0.05) is 0 Å². The van der Waals surface area contributed by atoms with Crippen molar-refractivity contribution in [2.75, 3.05) is 24.6 Å². The van der Waals surface area contributed by atoms with E-state index in [0.29, 0.717) is 18.8 Å². The molecule has 1 aliphatic heterocycles. The molecule has 0 spiro atoms. The van der Waals surface area contributed by atoms with Gasteiger partial charge < -0.3 is 19.7 Å². The van der Waals surface area contributed by atoms with Crippen LogP contribution >= 0.6 is 0 Å². The van der Waals surface area contributed by atoms with E-state index in [0.717, 1.165) is 36.1 Å². The van der Waals surface area contributed by atoms with Gasteiger partial charge in [-0.15, -0.1) is 0 Å². The Kier molecular flexibility index (Phi) is 6.74. The van der Waals surface area contributed by atoms with Crippen molar-refractivity contribution >= 4 is 28.8 Å². The van der Waals surface area contributed by atoms with Gasteiger partial charge in [-0.3, -0.25) is 9.78 Å². The molecule has 1 atom stereocenters. The molecule has 30 heavy (non-hydrogen) atoms. The zero-order valence-corrected chi connectivity index (χ0v) is 18.1. The number of fused-ring (bicyclic) bond motifs is 1. The van der Waals surface area contributed by atoms with E-state index in [1.54, 1.807) is 6.20 Å². The topological polar surface area (TPSA) is 93.7 Å². The number of rotatable bonds is 5. The average Bonchev–Trinajstić information content (AvgIpc) is 2.70. The number of amides is 1. The number of hydrogen-bond donors (Lipinski definition) is 1. The normalized spacial score (nSPS) is 16.9. The fraction of sp³-hybridized carbons (Fsp3) is 0.545. The molecule has 1 fully saturated rings. The van der Waals surface area contributed by atoms with Gasteiger partial charge in [0.2, 0.25) is 0 Å². The standard InChI is InChI=1S/C22H30N4O4/c1-5-29-20(27)16-7-6-10-26(14-16)19-9-8-15-12-23-17(11-18(15)25-19)13-24-21(28)30-22(2,3)4/h8-9,11-12,16H,5-7,10,13-14H2,1-4H3,(H,24,28). The Morgan fingerprint density at radius 1 is 1.30 bits per heavy atom. The summed E-state index contributed by atoms with van der Waals surface area (Å²) >= 11 is 0. The molecule has 1 saturated heterocycles. The maximum absolute atomic E-state index is 12.1. The Bertz CT molecular complexity index is 910. The molecule has 0 radical (unpaired) electrons. The quantitative estimate of drug-likeness (QED) is 0.749. The van der Waals surface area contributed by atoms with Crippen molar-refractivity contribution in [3.63, 3.8) is 0 Å². The molecule has 0 aromatic carbocycles. The summed E-state index contributed by atoms with van der Waals surface area (Å²) in [4.78, 5) is 35.3. The predicted octanol–water partition coefficient (Wildman–Crippen LogP) is 3.43. The molecule has 8 heteroatoms. The lowest BCUT2D eigenvalue weighted by Crippen LogP contribution is -2.39. The van der Waals surface area contributed by atoms with Crippen LogP contribution in [0.1, 0.15) is 46.2 Å². The van der Waals surface area contributed by atoms with Gasteiger partial charge in [0, 0.05) is 24.7 Å². The number of nitrogens with zero attached hydrogens (tertiary/aromatic N) is 3. The zero-order chi connectivity index (χ0) is 21.7. The Balaban J connectivity index is 1.70. The summed E-state index contributed by atoms with van der Waals surface area (Å²) in [5.74, 6) is 0.568. The lowest BCUT2D eigenvalue weighted by molar-refractivity contribution is -0.148. The maximum Gasteiger partial charge on any atom is 0.407 e. The van der Waals surface area contributed by atoms with Crippen LogP contribution in [0.2, 0.25) is 0 Å². The van der Waals surface area contributed by atoms with Crippen LogP contribution in [0.4, 0.5) is 10.6 Å². The monoisotopic (exact) mass is 414 g/mol. The second-order valence-corrected chi connectivity index (χ2v) is 8.43. The molecule has 3 heterocycles. The highest BCUT2D eigenvalue weighted by Crippen LogP contribution is 2.25. The van der Waals surface area contributed by atoms with Gasteiger partial charge in [0.25, 0.3) is 0 Å². The fourth-order valence-corrected chi connectivity index (χ4v) is 3.43. The number of carbonyl (C=O) groups excluding carboxylic acids is 2. The van der Waals surface area contributed by atoms with E-state index in [-0.39, 0.29) is 18.4 Å². The number of ether oxygens (including phenoxy) is 2. The summed E-state index contributed by atoms with van der Waals surface area (Å²) < 4.78 is 10.4. The summed E-state index contributed by atoms with van der Waals surface area (Å²) in [5.41, 5.74) is 0.940. The number of nitrogens with one attached hydrogen (secondary N) is 1. The van der Waals surface area contributed by atoms with Gasteiger partial charge in [-0.2, -0.15) is 0 Å². The van der Waals surface area contributed by atoms with E-state index >= 15 is 0 Å². The maximum atomic E-state index is 12.1. The summed E-state index contributed by atoms with van der Waals surface area (Å²) in [6.45, 7) is 9.40. The number of pyridine rings is 2. The van der Waals surface area contributed by atoms with Crippen LogP contribution < -0.4 is 10.2 Å². The van der Waals surface area contributed by atoms with Crippen molar-refractivity contribution in [2.45, 2.75) is 52.7 Å². The van der Waals surface area contributed by atoms with Gasteiger partial charge in [0.1, 0.15) is 11.4 Å². The Hall–Kier alpha value is -2.90.